The maximum Gasteiger partial charge on any atom is 0.129 e. The Hall–Kier alpha value is -0.570. The van der Waals surface area contributed by atoms with Crippen LogP contribution in [0.3, 0.4) is 0 Å². The van der Waals surface area contributed by atoms with Crippen molar-refractivity contribution in [1.82, 2.24) is 4.98 Å². The fraction of sp³-hybridized carbons (Fsp3) is 0.583. The number of pyridine rings is 1. The molecule has 2 rings (SSSR count). The lowest BCUT2D eigenvalue weighted by atomic mass is 9.76. The highest BCUT2D eigenvalue weighted by atomic mass is 79.9. The second kappa shape index (κ2) is 3.78. The van der Waals surface area contributed by atoms with Gasteiger partial charge in [0, 0.05) is 13.1 Å². The van der Waals surface area contributed by atoms with Crippen LogP contribution < -0.4 is 4.90 Å². The molecule has 1 fully saturated rings. The summed E-state index contributed by atoms with van der Waals surface area (Å²) in [7, 11) is 0. The average Bonchev–Trinajstić information content (AvgIpc) is 1.97. The predicted molar refractivity (Wildman–Crippen MR) is 67.1 cm³/mol. The van der Waals surface area contributed by atoms with Crippen molar-refractivity contribution in [2.75, 3.05) is 18.0 Å². The number of nitrogens with zero attached hydrogens (tertiary/aromatic N) is 2. The minimum atomic E-state index is 0.419. The van der Waals surface area contributed by atoms with Crippen LogP contribution in [0.15, 0.2) is 22.8 Å². The molecule has 2 nitrogen and oxygen atoms in total. The molecule has 0 aliphatic carbocycles. The van der Waals surface area contributed by atoms with E-state index in [1.54, 1.807) is 0 Å². The second-order valence-electron chi connectivity index (χ2n) is 5.29. The molecule has 3 heteroatoms. The maximum absolute atomic E-state index is 4.45. The Morgan fingerprint density at radius 2 is 2.00 bits per heavy atom. The third kappa shape index (κ3) is 2.33. The van der Waals surface area contributed by atoms with Gasteiger partial charge in [-0.05, 0) is 39.4 Å². The molecule has 82 valence electrons. The molecule has 1 aliphatic heterocycles. The summed E-state index contributed by atoms with van der Waals surface area (Å²) in [6, 6.07) is 6.07. The summed E-state index contributed by atoms with van der Waals surface area (Å²) >= 11 is 3.40. The van der Waals surface area contributed by atoms with Crippen LogP contribution in [0.5, 0.6) is 0 Å². The van der Waals surface area contributed by atoms with E-state index in [0.717, 1.165) is 29.4 Å². The number of hydrogen-bond acceptors (Lipinski definition) is 2. The zero-order valence-corrected chi connectivity index (χ0v) is 11.1. The summed E-state index contributed by atoms with van der Waals surface area (Å²) < 4.78 is 0.916. The van der Waals surface area contributed by atoms with Gasteiger partial charge in [0.05, 0.1) is 0 Å². The van der Waals surface area contributed by atoms with Crippen LogP contribution in [0.4, 0.5) is 5.82 Å². The van der Waals surface area contributed by atoms with Crippen LogP contribution in [0, 0.1) is 11.3 Å². The third-order valence-corrected chi connectivity index (χ3v) is 3.57. The zero-order chi connectivity index (χ0) is 11.1. The van der Waals surface area contributed by atoms with E-state index in [-0.39, 0.29) is 0 Å². The molecule has 2 heterocycles. The minimum absolute atomic E-state index is 0.419. The zero-order valence-electron chi connectivity index (χ0n) is 9.50. The summed E-state index contributed by atoms with van der Waals surface area (Å²) in [4.78, 5) is 6.79. The van der Waals surface area contributed by atoms with Gasteiger partial charge in [0.1, 0.15) is 10.4 Å². The van der Waals surface area contributed by atoms with E-state index >= 15 is 0 Å². The molecule has 0 radical (unpaired) electrons. The molecule has 0 bridgehead atoms. The Balaban J connectivity index is 2.00. The Morgan fingerprint density at radius 1 is 1.33 bits per heavy atom. The molecule has 0 aromatic carbocycles. The molecule has 1 aromatic rings. The monoisotopic (exact) mass is 268 g/mol. The molecule has 0 saturated carbocycles. The third-order valence-electron chi connectivity index (χ3n) is 3.13. The molecule has 0 amide bonds. The summed E-state index contributed by atoms with van der Waals surface area (Å²) in [5, 5.41) is 0. The van der Waals surface area contributed by atoms with E-state index in [9.17, 15) is 0 Å². The van der Waals surface area contributed by atoms with Crippen LogP contribution in [0.1, 0.15) is 20.8 Å². The fourth-order valence-electron chi connectivity index (χ4n) is 1.79. The summed E-state index contributed by atoms with van der Waals surface area (Å²) in [5.41, 5.74) is 0.419. The van der Waals surface area contributed by atoms with Gasteiger partial charge in [-0.3, -0.25) is 0 Å². The van der Waals surface area contributed by atoms with E-state index in [0.29, 0.717) is 5.41 Å². The smallest absolute Gasteiger partial charge is 0.129 e. The van der Waals surface area contributed by atoms with Gasteiger partial charge in [-0.2, -0.15) is 0 Å². The molecule has 1 aromatic heterocycles. The van der Waals surface area contributed by atoms with Crippen LogP contribution in [-0.2, 0) is 0 Å². The number of hydrogen-bond donors (Lipinski definition) is 0. The highest BCUT2D eigenvalue weighted by Gasteiger charge is 2.36. The highest BCUT2D eigenvalue weighted by molar-refractivity contribution is 9.10. The van der Waals surface area contributed by atoms with Gasteiger partial charge in [0.25, 0.3) is 0 Å². The van der Waals surface area contributed by atoms with Crippen LogP contribution in [0.25, 0.3) is 0 Å². The molecular weight excluding hydrogens is 252 g/mol. The fourth-order valence-corrected chi connectivity index (χ4v) is 2.12. The van der Waals surface area contributed by atoms with Gasteiger partial charge in [0.2, 0.25) is 0 Å². The van der Waals surface area contributed by atoms with Gasteiger partial charge in [-0.1, -0.05) is 26.8 Å². The van der Waals surface area contributed by atoms with Gasteiger partial charge >= 0.3 is 0 Å². The van der Waals surface area contributed by atoms with E-state index in [2.05, 4.69) is 52.7 Å². The van der Waals surface area contributed by atoms with Crippen molar-refractivity contribution in [2.24, 2.45) is 11.3 Å². The van der Waals surface area contributed by atoms with Gasteiger partial charge in [-0.15, -0.1) is 0 Å². The Labute approximate surface area is 99.8 Å². The lowest BCUT2D eigenvalue weighted by Gasteiger charge is -2.47. The lowest BCUT2D eigenvalue weighted by Crippen LogP contribution is -2.52. The van der Waals surface area contributed by atoms with Crippen molar-refractivity contribution in [3.63, 3.8) is 0 Å². The Kier molecular flexibility index (Phi) is 2.75. The van der Waals surface area contributed by atoms with E-state index in [4.69, 9.17) is 0 Å². The lowest BCUT2D eigenvalue weighted by molar-refractivity contribution is 0.194. The normalized spacial score (nSPS) is 17.7. The van der Waals surface area contributed by atoms with Crippen molar-refractivity contribution in [1.29, 1.82) is 0 Å². The minimum Gasteiger partial charge on any atom is -0.356 e. The summed E-state index contributed by atoms with van der Waals surface area (Å²) in [6.45, 7) is 9.19. The Morgan fingerprint density at radius 3 is 2.53 bits per heavy atom. The van der Waals surface area contributed by atoms with Crippen molar-refractivity contribution in [3.8, 4) is 0 Å². The molecule has 1 aliphatic rings. The van der Waals surface area contributed by atoms with Crippen LogP contribution in [-0.4, -0.2) is 18.1 Å². The topological polar surface area (TPSA) is 16.1 Å². The first-order chi connectivity index (χ1) is 6.97. The standard InChI is InChI=1S/C12H17BrN2/c1-12(2,3)9-7-15(8-9)11-6-4-5-10(13)14-11/h4-6,9H,7-8H2,1-3H3. The maximum atomic E-state index is 4.45. The number of rotatable bonds is 1. The molecule has 0 spiro atoms. The van der Waals surface area contributed by atoms with E-state index in [1.807, 2.05) is 12.1 Å². The first-order valence-corrected chi connectivity index (χ1v) is 6.13. The van der Waals surface area contributed by atoms with Crippen molar-refractivity contribution in [3.05, 3.63) is 22.8 Å². The number of aromatic nitrogens is 1. The second-order valence-corrected chi connectivity index (χ2v) is 6.10. The quantitative estimate of drug-likeness (QED) is 0.727. The SMILES string of the molecule is CC(C)(C)C1CN(c2cccc(Br)n2)C1. The average molecular weight is 269 g/mol. The van der Waals surface area contributed by atoms with Crippen LogP contribution in [0.2, 0.25) is 0 Å². The summed E-state index contributed by atoms with van der Waals surface area (Å²) in [5.74, 6) is 1.88. The van der Waals surface area contributed by atoms with Gasteiger partial charge < -0.3 is 4.90 Å². The molecule has 0 unspecified atom stereocenters. The van der Waals surface area contributed by atoms with Crippen molar-refractivity contribution < 1.29 is 0 Å². The predicted octanol–water partition coefficient (Wildman–Crippen LogP) is 3.33. The first-order valence-electron chi connectivity index (χ1n) is 5.34. The van der Waals surface area contributed by atoms with E-state index in [1.165, 1.54) is 0 Å². The molecular formula is C12H17BrN2. The molecule has 15 heavy (non-hydrogen) atoms. The highest BCUT2D eigenvalue weighted by Crippen LogP contribution is 2.35. The van der Waals surface area contributed by atoms with Crippen LogP contribution >= 0.6 is 15.9 Å². The van der Waals surface area contributed by atoms with E-state index < -0.39 is 0 Å². The Bertz CT molecular complexity index is 351. The molecule has 1 saturated heterocycles. The van der Waals surface area contributed by atoms with Crippen molar-refractivity contribution >= 4 is 21.7 Å². The first kappa shape index (κ1) is 10.9. The number of anilines is 1. The number of halogens is 1. The molecule has 0 atom stereocenters. The van der Waals surface area contributed by atoms with Gasteiger partial charge in [-0.25, -0.2) is 4.98 Å². The summed E-state index contributed by atoms with van der Waals surface area (Å²) in [6.07, 6.45) is 0. The van der Waals surface area contributed by atoms with Gasteiger partial charge in [0.15, 0.2) is 0 Å². The molecule has 0 N–H and O–H groups in total. The van der Waals surface area contributed by atoms with Crippen molar-refractivity contribution in [2.45, 2.75) is 20.8 Å². The largest absolute Gasteiger partial charge is 0.356 e.